The molecular formula is C27H30N4O3. The second-order valence-electron chi connectivity index (χ2n) is 8.22. The minimum Gasteiger partial charge on any atom is -0.376 e. The molecule has 0 aliphatic rings. The molecule has 176 valence electrons. The van der Waals surface area contributed by atoms with Gasteiger partial charge in [0.25, 0.3) is 5.91 Å². The Morgan fingerprint density at radius 1 is 0.735 bits per heavy atom. The molecule has 0 heterocycles. The first-order valence-electron chi connectivity index (χ1n) is 11.3. The van der Waals surface area contributed by atoms with E-state index < -0.39 is 0 Å². The number of benzene rings is 3. The van der Waals surface area contributed by atoms with Crippen molar-refractivity contribution in [2.24, 2.45) is 0 Å². The second kappa shape index (κ2) is 12.2. The van der Waals surface area contributed by atoms with Crippen molar-refractivity contribution in [2.75, 3.05) is 22.5 Å². The second-order valence-corrected chi connectivity index (χ2v) is 8.22. The Hall–Kier alpha value is -4.13. The third kappa shape index (κ3) is 8.09. The molecule has 0 saturated carbocycles. The van der Waals surface area contributed by atoms with Gasteiger partial charge in [0.1, 0.15) is 0 Å². The Balaban J connectivity index is 1.45. The highest BCUT2D eigenvalue weighted by atomic mass is 16.2. The van der Waals surface area contributed by atoms with Crippen LogP contribution in [0, 0.1) is 0 Å². The predicted molar refractivity (Wildman–Crippen MR) is 136 cm³/mol. The Bertz CT molecular complexity index is 1110. The molecule has 0 unspecified atom stereocenters. The van der Waals surface area contributed by atoms with E-state index in [1.807, 2.05) is 62.4 Å². The number of amides is 3. The predicted octanol–water partition coefficient (Wildman–Crippen LogP) is 4.45. The maximum Gasteiger partial charge on any atom is 0.251 e. The number of carbonyl (C=O) groups excluding carboxylic acids is 3. The van der Waals surface area contributed by atoms with E-state index in [4.69, 9.17) is 0 Å². The molecule has 0 aliphatic heterocycles. The van der Waals surface area contributed by atoms with E-state index in [2.05, 4.69) is 21.3 Å². The summed E-state index contributed by atoms with van der Waals surface area (Å²) in [4.78, 5) is 36.6. The smallest absolute Gasteiger partial charge is 0.251 e. The zero-order valence-electron chi connectivity index (χ0n) is 19.4. The Morgan fingerprint density at radius 3 is 2.12 bits per heavy atom. The summed E-state index contributed by atoms with van der Waals surface area (Å²) in [5.41, 5.74) is 3.64. The van der Waals surface area contributed by atoms with Crippen LogP contribution in [0.1, 0.15) is 36.2 Å². The lowest BCUT2D eigenvalue weighted by molar-refractivity contribution is -0.116. The van der Waals surface area contributed by atoms with E-state index in [0.717, 1.165) is 11.3 Å². The quantitative estimate of drug-likeness (QED) is 0.361. The maximum absolute atomic E-state index is 12.3. The molecule has 0 radical (unpaired) electrons. The van der Waals surface area contributed by atoms with Crippen molar-refractivity contribution >= 4 is 34.8 Å². The number of rotatable bonds is 10. The highest BCUT2D eigenvalue weighted by molar-refractivity contribution is 5.97. The Kier molecular flexibility index (Phi) is 8.80. The highest BCUT2D eigenvalue weighted by Gasteiger charge is 2.08. The molecule has 0 saturated heterocycles. The Morgan fingerprint density at radius 2 is 1.41 bits per heavy atom. The van der Waals surface area contributed by atoms with Gasteiger partial charge in [-0.05, 0) is 68.3 Å². The molecular weight excluding hydrogens is 428 g/mol. The first-order chi connectivity index (χ1) is 16.4. The van der Waals surface area contributed by atoms with E-state index in [0.29, 0.717) is 29.8 Å². The summed E-state index contributed by atoms with van der Waals surface area (Å²) < 4.78 is 0. The Labute approximate surface area is 200 Å². The lowest BCUT2D eigenvalue weighted by Gasteiger charge is -2.11. The molecule has 0 aromatic heterocycles. The van der Waals surface area contributed by atoms with Crippen LogP contribution in [0.5, 0.6) is 0 Å². The van der Waals surface area contributed by atoms with Crippen molar-refractivity contribution in [3.05, 3.63) is 90.0 Å². The maximum atomic E-state index is 12.3. The summed E-state index contributed by atoms with van der Waals surface area (Å²) >= 11 is 0. The average Bonchev–Trinajstić information content (AvgIpc) is 2.82. The minimum absolute atomic E-state index is 0.0547. The number of anilines is 3. The summed E-state index contributed by atoms with van der Waals surface area (Å²) in [5, 5.41) is 11.6. The third-order valence-corrected chi connectivity index (χ3v) is 4.93. The van der Waals surface area contributed by atoms with Crippen molar-refractivity contribution in [3.63, 3.8) is 0 Å². The van der Waals surface area contributed by atoms with Gasteiger partial charge in [0, 0.05) is 35.1 Å². The molecule has 3 aromatic rings. The van der Waals surface area contributed by atoms with Crippen LogP contribution in [0.2, 0.25) is 0 Å². The van der Waals surface area contributed by atoms with E-state index in [1.165, 1.54) is 0 Å². The van der Waals surface area contributed by atoms with Crippen molar-refractivity contribution in [1.29, 1.82) is 0 Å². The number of aryl methyl sites for hydroxylation is 1. The summed E-state index contributed by atoms with van der Waals surface area (Å²) in [6.45, 7) is 3.85. The van der Waals surface area contributed by atoms with Gasteiger partial charge in [-0.15, -0.1) is 0 Å². The molecule has 34 heavy (non-hydrogen) atoms. The van der Waals surface area contributed by atoms with Crippen LogP contribution in [0.15, 0.2) is 78.9 Å². The molecule has 0 bridgehead atoms. The van der Waals surface area contributed by atoms with Crippen LogP contribution in [0.4, 0.5) is 17.1 Å². The topological polar surface area (TPSA) is 99.3 Å². The fourth-order valence-corrected chi connectivity index (χ4v) is 3.27. The van der Waals surface area contributed by atoms with Gasteiger partial charge in [0.15, 0.2) is 0 Å². The molecule has 0 atom stereocenters. The van der Waals surface area contributed by atoms with Crippen LogP contribution in [-0.4, -0.2) is 30.3 Å². The summed E-state index contributed by atoms with van der Waals surface area (Å²) in [5.74, 6) is -0.442. The van der Waals surface area contributed by atoms with E-state index in [1.54, 1.807) is 30.3 Å². The monoisotopic (exact) mass is 458 g/mol. The lowest BCUT2D eigenvalue weighted by Crippen LogP contribution is -2.30. The van der Waals surface area contributed by atoms with Crippen LogP contribution < -0.4 is 21.3 Å². The fraction of sp³-hybridized carbons (Fsp3) is 0.222. The van der Waals surface area contributed by atoms with Gasteiger partial charge in [0.2, 0.25) is 11.8 Å². The van der Waals surface area contributed by atoms with Crippen molar-refractivity contribution in [2.45, 2.75) is 32.7 Å². The first-order valence-corrected chi connectivity index (χ1v) is 11.3. The van der Waals surface area contributed by atoms with Crippen molar-refractivity contribution in [3.8, 4) is 0 Å². The van der Waals surface area contributed by atoms with Gasteiger partial charge in [-0.2, -0.15) is 0 Å². The molecule has 0 aliphatic carbocycles. The number of nitrogens with one attached hydrogen (secondary N) is 4. The zero-order chi connectivity index (χ0) is 24.3. The van der Waals surface area contributed by atoms with E-state index in [9.17, 15) is 14.4 Å². The van der Waals surface area contributed by atoms with Crippen molar-refractivity contribution < 1.29 is 14.4 Å². The molecule has 7 heteroatoms. The van der Waals surface area contributed by atoms with Gasteiger partial charge >= 0.3 is 0 Å². The fourth-order valence-electron chi connectivity index (χ4n) is 3.27. The molecule has 3 amide bonds. The number of hydrogen-bond acceptors (Lipinski definition) is 4. The van der Waals surface area contributed by atoms with Gasteiger partial charge in [-0.3, -0.25) is 14.4 Å². The SMILES string of the molecule is CC(C)NC(=O)c1ccc(NC(=O)CNc2cccc(NC(=O)CCc3ccccc3)c2)cc1. The van der Waals surface area contributed by atoms with E-state index >= 15 is 0 Å². The lowest BCUT2D eigenvalue weighted by atomic mass is 10.1. The molecule has 0 spiro atoms. The van der Waals surface area contributed by atoms with Gasteiger partial charge < -0.3 is 21.3 Å². The van der Waals surface area contributed by atoms with Gasteiger partial charge in [-0.25, -0.2) is 0 Å². The zero-order valence-corrected chi connectivity index (χ0v) is 19.4. The highest BCUT2D eigenvalue weighted by Crippen LogP contribution is 2.16. The van der Waals surface area contributed by atoms with Crippen LogP contribution in [0.25, 0.3) is 0 Å². The standard InChI is InChI=1S/C27H30N4O3/c1-19(2)29-27(34)21-12-14-22(15-13-21)30-26(33)18-28-23-9-6-10-24(17-23)31-25(32)16-11-20-7-4-3-5-8-20/h3-10,12-15,17,19,28H,11,16,18H2,1-2H3,(H,29,34)(H,30,33)(H,31,32). The first kappa shape index (κ1) is 24.5. The van der Waals surface area contributed by atoms with Crippen LogP contribution in [0.3, 0.4) is 0 Å². The summed E-state index contributed by atoms with van der Waals surface area (Å²) in [6, 6.07) is 23.9. The minimum atomic E-state index is -0.225. The van der Waals surface area contributed by atoms with Crippen molar-refractivity contribution in [1.82, 2.24) is 5.32 Å². The molecule has 3 aromatic carbocycles. The van der Waals surface area contributed by atoms with Gasteiger partial charge in [0.05, 0.1) is 6.54 Å². The van der Waals surface area contributed by atoms with E-state index in [-0.39, 0.29) is 30.3 Å². The normalized spacial score (nSPS) is 10.4. The molecule has 0 fully saturated rings. The summed E-state index contributed by atoms with van der Waals surface area (Å²) in [7, 11) is 0. The van der Waals surface area contributed by atoms with Gasteiger partial charge in [-0.1, -0.05) is 36.4 Å². The average molecular weight is 459 g/mol. The van der Waals surface area contributed by atoms with Crippen LogP contribution >= 0.6 is 0 Å². The third-order valence-electron chi connectivity index (χ3n) is 4.93. The number of hydrogen-bond donors (Lipinski definition) is 4. The van der Waals surface area contributed by atoms with Crippen LogP contribution in [-0.2, 0) is 16.0 Å². The largest absolute Gasteiger partial charge is 0.376 e. The molecule has 7 nitrogen and oxygen atoms in total. The molecule has 4 N–H and O–H groups in total. The number of carbonyl (C=O) groups is 3. The molecule has 3 rings (SSSR count). The summed E-state index contributed by atoms with van der Waals surface area (Å²) in [6.07, 6.45) is 1.07.